The number of pyridine rings is 1. The van der Waals surface area contributed by atoms with Crippen molar-refractivity contribution in [1.82, 2.24) is 20.1 Å². The van der Waals surface area contributed by atoms with Crippen LogP contribution in [0.4, 0.5) is 5.69 Å². The third-order valence-electron chi connectivity index (χ3n) is 12.5. The van der Waals surface area contributed by atoms with E-state index >= 15 is 0 Å². The van der Waals surface area contributed by atoms with Crippen LogP contribution in [0, 0.1) is 20.8 Å². The van der Waals surface area contributed by atoms with Gasteiger partial charge in [-0.2, -0.15) is 0 Å². The van der Waals surface area contributed by atoms with E-state index in [1.54, 1.807) is 0 Å². The number of aryl methyl sites for hydroxylation is 2. The summed E-state index contributed by atoms with van der Waals surface area (Å²) in [5, 5.41) is 3.06. The number of hydrogen-bond acceptors (Lipinski definition) is 6. The summed E-state index contributed by atoms with van der Waals surface area (Å²) in [6.07, 6.45) is 18.3. The Morgan fingerprint density at radius 3 is 2.02 bits per heavy atom. The molecule has 2 aliphatic rings. The summed E-state index contributed by atoms with van der Waals surface area (Å²) in [5.41, 5.74) is 7.99. The van der Waals surface area contributed by atoms with E-state index in [0.717, 1.165) is 105 Å². The van der Waals surface area contributed by atoms with Gasteiger partial charge in [-0.15, -0.1) is 0 Å². The average molecular weight is 796 g/mol. The molecule has 2 fully saturated rings. The highest BCUT2D eigenvalue weighted by molar-refractivity contribution is 5.99. The molecule has 5 rings (SSSR count). The Kier molecular flexibility index (Phi) is 18.4. The summed E-state index contributed by atoms with van der Waals surface area (Å²) in [6.45, 7) is 16.9. The smallest absolute Gasteiger partial charge is 0.253 e. The SMILES string of the molecule is CCCCCCCCCCCCCCC(=O)N1CCN(Cc2ccc(-c3cc(C(=O)NCc4c(C)cc(C)[nH]c4=O)c(C)c(N(CC)C4CCOCC4)c3)cc2)CC1. The molecule has 0 unspecified atom stereocenters. The fraction of sp³-hybridized carbons (Fsp3) is 0.612. The van der Waals surface area contributed by atoms with E-state index in [0.29, 0.717) is 29.5 Å². The molecular weight excluding hydrogens is 723 g/mol. The van der Waals surface area contributed by atoms with Crippen molar-refractivity contribution in [2.24, 2.45) is 0 Å². The minimum absolute atomic E-state index is 0.160. The largest absolute Gasteiger partial charge is 0.381 e. The van der Waals surface area contributed by atoms with Crippen LogP contribution in [0.5, 0.6) is 0 Å². The minimum Gasteiger partial charge on any atom is -0.381 e. The lowest BCUT2D eigenvalue weighted by atomic mass is 9.94. The van der Waals surface area contributed by atoms with Gasteiger partial charge in [0.05, 0.1) is 0 Å². The van der Waals surface area contributed by atoms with Crippen LogP contribution in [0.3, 0.4) is 0 Å². The molecule has 2 aliphatic heterocycles. The number of hydrogen-bond donors (Lipinski definition) is 2. The number of carbonyl (C=O) groups excluding carboxylic acids is 2. The molecule has 2 aromatic carbocycles. The zero-order valence-corrected chi connectivity index (χ0v) is 36.6. The van der Waals surface area contributed by atoms with Gasteiger partial charge in [0, 0.05) is 94.0 Å². The molecule has 318 valence electrons. The van der Waals surface area contributed by atoms with Crippen LogP contribution in [0.1, 0.15) is 148 Å². The summed E-state index contributed by atoms with van der Waals surface area (Å²) in [4.78, 5) is 49.5. The molecule has 2 saturated heterocycles. The molecule has 0 saturated carbocycles. The first-order valence-electron chi connectivity index (χ1n) is 22.7. The lowest BCUT2D eigenvalue weighted by molar-refractivity contribution is -0.133. The van der Waals surface area contributed by atoms with Crippen LogP contribution in [-0.4, -0.2) is 78.6 Å². The molecule has 58 heavy (non-hydrogen) atoms. The maximum absolute atomic E-state index is 13.9. The highest BCUT2D eigenvalue weighted by Gasteiger charge is 2.26. The van der Waals surface area contributed by atoms with E-state index in [9.17, 15) is 14.4 Å². The summed E-state index contributed by atoms with van der Waals surface area (Å²) < 4.78 is 5.70. The van der Waals surface area contributed by atoms with Crippen LogP contribution >= 0.6 is 0 Å². The fourth-order valence-corrected chi connectivity index (χ4v) is 8.88. The molecule has 3 heterocycles. The van der Waals surface area contributed by atoms with Crippen molar-refractivity contribution in [2.75, 3.05) is 50.8 Å². The van der Waals surface area contributed by atoms with Crippen LogP contribution in [0.15, 0.2) is 47.3 Å². The standard InChI is InChI=1S/C49H73N5O4/c1-6-8-9-10-11-12-13-14-15-16-17-18-19-47(55)53-28-26-52(27-29-53)36-40-20-22-41(23-21-40)42-33-44(48(56)50-35-45-37(3)32-38(4)51-49(45)57)39(5)46(34-42)54(7-2)43-24-30-58-31-25-43/h20-23,32-34,43H,6-19,24-31,35-36H2,1-5H3,(H,50,56)(H,51,57). The number of benzene rings is 2. The van der Waals surface area contributed by atoms with Gasteiger partial charge in [-0.3, -0.25) is 19.3 Å². The Balaban J connectivity index is 1.15. The van der Waals surface area contributed by atoms with Crippen LogP contribution in [0.2, 0.25) is 0 Å². The lowest BCUT2D eigenvalue weighted by Gasteiger charge is -2.37. The van der Waals surface area contributed by atoms with Crippen LogP contribution in [0.25, 0.3) is 11.1 Å². The van der Waals surface area contributed by atoms with Crippen molar-refractivity contribution in [3.63, 3.8) is 0 Å². The van der Waals surface area contributed by atoms with Gasteiger partial charge >= 0.3 is 0 Å². The molecule has 0 bridgehead atoms. The molecular formula is C49H73N5O4. The van der Waals surface area contributed by atoms with Gasteiger partial charge in [0.2, 0.25) is 5.91 Å². The summed E-state index contributed by atoms with van der Waals surface area (Å²) in [7, 11) is 0. The van der Waals surface area contributed by atoms with Gasteiger partial charge in [-0.05, 0) is 93.0 Å². The van der Waals surface area contributed by atoms with Crippen LogP contribution < -0.4 is 15.8 Å². The number of unbranched alkanes of at least 4 members (excludes halogenated alkanes) is 11. The monoisotopic (exact) mass is 796 g/mol. The zero-order chi connectivity index (χ0) is 41.3. The number of aromatic nitrogens is 1. The first-order valence-corrected chi connectivity index (χ1v) is 22.7. The van der Waals surface area contributed by atoms with E-state index < -0.39 is 0 Å². The van der Waals surface area contributed by atoms with Crippen molar-refractivity contribution >= 4 is 17.5 Å². The summed E-state index contributed by atoms with van der Waals surface area (Å²) in [5.74, 6) is 0.130. The van der Waals surface area contributed by atoms with E-state index in [4.69, 9.17) is 4.74 Å². The van der Waals surface area contributed by atoms with Crippen LogP contribution in [-0.2, 0) is 22.6 Å². The van der Waals surface area contributed by atoms with Crippen molar-refractivity contribution in [2.45, 2.75) is 150 Å². The summed E-state index contributed by atoms with van der Waals surface area (Å²) >= 11 is 0. The van der Waals surface area contributed by atoms with Gasteiger partial charge in [-0.25, -0.2) is 0 Å². The molecule has 1 aromatic heterocycles. The number of nitrogens with one attached hydrogen (secondary N) is 2. The summed E-state index contributed by atoms with van der Waals surface area (Å²) in [6, 6.07) is 15.2. The van der Waals surface area contributed by atoms with E-state index in [-0.39, 0.29) is 18.0 Å². The Morgan fingerprint density at radius 1 is 0.793 bits per heavy atom. The fourth-order valence-electron chi connectivity index (χ4n) is 8.88. The molecule has 0 atom stereocenters. The number of rotatable bonds is 22. The quantitative estimate of drug-likeness (QED) is 0.0984. The predicted octanol–water partition coefficient (Wildman–Crippen LogP) is 9.64. The molecule has 0 radical (unpaired) electrons. The number of ether oxygens (including phenoxy) is 1. The van der Waals surface area contributed by atoms with Gasteiger partial charge < -0.3 is 24.8 Å². The second-order valence-electron chi connectivity index (χ2n) is 16.9. The Labute approximate surface area is 349 Å². The van der Waals surface area contributed by atoms with Gasteiger partial charge in [0.1, 0.15) is 0 Å². The predicted molar refractivity (Wildman–Crippen MR) is 239 cm³/mol. The molecule has 2 N–H and O–H groups in total. The molecule has 0 spiro atoms. The Hall–Kier alpha value is -3.95. The van der Waals surface area contributed by atoms with Gasteiger partial charge in [0.25, 0.3) is 11.5 Å². The molecule has 9 heteroatoms. The van der Waals surface area contributed by atoms with Crippen molar-refractivity contribution < 1.29 is 14.3 Å². The number of piperazine rings is 1. The lowest BCUT2D eigenvalue weighted by Crippen LogP contribution is -2.48. The number of amides is 2. The third-order valence-corrected chi connectivity index (χ3v) is 12.5. The highest BCUT2D eigenvalue weighted by Crippen LogP contribution is 2.34. The zero-order valence-electron chi connectivity index (χ0n) is 36.6. The van der Waals surface area contributed by atoms with E-state index in [2.05, 4.69) is 69.2 Å². The second-order valence-corrected chi connectivity index (χ2v) is 16.9. The van der Waals surface area contributed by atoms with Crippen molar-refractivity contribution in [3.05, 3.63) is 86.3 Å². The van der Waals surface area contributed by atoms with Gasteiger partial charge in [-0.1, -0.05) is 102 Å². The number of anilines is 1. The van der Waals surface area contributed by atoms with E-state index in [1.165, 1.54) is 76.2 Å². The number of nitrogens with zero attached hydrogens (tertiary/aromatic N) is 3. The number of carbonyl (C=O) groups is 2. The Morgan fingerprint density at radius 2 is 1.41 bits per heavy atom. The number of aromatic amines is 1. The minimum atomic E-state index is -0.189. The molecule has 3 aromatic rings. The third kappa shape index (κ3) is 13.3. The number of H-pyrrole nitrogens is 1. The molecule has 2 amide bonds. The second kappa shape index (κ2) is 23.6. The average Bonchev–Trinajstić information content (AvgIpc) is 3.22. The molecule has 9 nitrogen and oxygen atoms in total. The maximum Gasteiger partial charge on any atom is 0.253 e. The first-order chi connectivity index (χ1) is 28.2. The molecule has 0 aliphatic carbocycles. The Bertz CT molecular complexity index is 1790. The maximum atomic E-state index is 13.9. The van der Waals surface area contributed by atoms with Crippen molar-refractivity contribution in [1.29, 1.82) is 0 Å². The topological polar surface area (TPSA) is 98.0 Å². The van der Waals surface area contributed by atoms with Crippen molar-refractivity contribution in [3.8, 4) is 11.1 Å². The van der Waals surface area contributed by atoms with E-state index in [1.807, 2.05) is 32.9 Å². The normalized spacial score (nSPS) is 15.2. The van der Waals surface area contributed by atoms with Gasteiger partial charge in [0.15, 0.2) is 0 Å². The highest BCUT2D eigenvalue weighted by atomic mass is 16.5. The first kappa shape index (κ1) is 45.1.